The van der Waals surface area contributed by atoms with Crippen molar-refractivity contribution in [1.29, 1.82) is 0 Å². The van der Waals surface area contributed by atoms with Crippen LogP contribution >= 0.6 is 0 Å². The SMILES string of the molecule is CCC(C)N(C)C(=O)N[C@@H](CC(=O)O)C(=O)O. The molecule has 0 aromatic rings. The Morgan fingerprint density at radius 1 is 1.29 bits per heavy atom. The molecule has 7 heteroatoms. The smallest absolute Gasteiger partial charge is 0.326 e. The second-order valence-electron chi connectivity index (χ2n) is 3.81. The first-order valence-electron chi connectivity index (χ1n) is 5.27. The van der Waals surface area contributed by atoms with E-state index in [1.807, 2.05) is 13.8 Å². The van der Waals surface area contributed by atoms with Crippen LogP contribution in [0, 0.1) is 0 Å². The van der Waals surface area contributed by atoms with E-state index in [9.17, 15) is 14.4 Å². The zero-order valence-corrected chi connectivity index (χ0v) is 10.1. The van der Waals surface area contributed by atoms with Gasteiger partial charge in [0.1, 0.15) is 6.04 Å². The molecule has 0 bridgehead atoms. The number of carbonyl (C=O) groups is 3. The molecule has 0 heterocycles. The van der Waals surface area contributed by atoms with Crippen molar-refractivity contribution in [1.82, 2.24) is 10.2 Å². The highest BCUT2D eigenvalue weighted by Crippen LogP contribution is 2.02. The highest BCUT2D eigenvalue weighted by molar-refractivity contribution is 5.86. The largest absolute Gasteiger partial charge is 0.481 e. The van der Waals surface area contributed by atoms with Gasteiger partial charge in [0.2, 0.25) is 0 Å². The van der Waals surface area contributed by atoms with E-state index in [4.69, 9.17) is 10.2 Å². The summed E-state index contributed by atoms with van der Waals surface area (Å²) in [4.78, 5) is 34.1. The number of carboxylic acids is 2. The summed E-state index contributed by atoms with van der Waals surface area (Å²) in [5.74, 6) is -2.64. The van der Waals surface area contributed by atoms with Gasteiger partial charge in [0, 0.05) is 13.1 Å². The Kier molecular flexibility index (Phi) is 6.01. The molecule has 0 aliphatic rings. The van der Waals surface area contributed by atoms with Gasteiger partial charge < -0.3 is 20.4 Å². The van der Waals surface area contributed by atoms with Crippen molar-refractivity contribution in [2.45, 2.75) is 38.8 Å². The Bertz CT molecular complexity index is 305. The number of hydrogen-bond acceptors (Lipinski definition) is 3. The van der Waals surface area contributed by atoms with Crippen LogP contribution in [0.3, 0.4) is 0 Å². The first-order valence-corrected chi connectivity index (χ1v) is 5.27. The van der Waals surface area contributed by atoms with Gasteiger partial charge in [-0.15, -0.1) is 0 Å². The first-order chi connectivity index (χ1) is 7.79. The van der Waals surface area contributed by atoms with Crippen molar-refractivity contribution >= 4 is 18.0 Å². The molecule has 2 amide bonds. The lowest BCUT2D eigenvalue weighted by molar-refractivity contribution is -0.145. The summed E-state index contributed by atoms with van der Waals surface area (Å²) in [6.07, 6.45) is 0.0794. The monoisotopic (exact) mass is 246 g/mol. The van der Waals surface area contributed by atoms with E-state index in [1.165, 1.54) is 11.9 Å². The van der Waals surface area contributed by atoms with Gasteiger partial charge in [-0.3, -0.25) is 4.79 Å². The van der Waals surface area contributed by atoms with Gasteiger partial charge in [-0.25, -0.2) is 9.59 Å². The van der Waals surface area contributed by atoms with E-state index in [0.717, 1.165) is 6.42 Å². The molecule has 0 aliphatic heterocycles. The third-order valence-corrected chi connectivity index (χ3v) is 2.55. The minimum absolute atomic E-state index is 0.0470. The quantitative estimate of drug-likeness (QED) is 0.627. The normalized spacial score (nSPS) is 13.6. The van der Waals surface area contributed by atoms with Crippen LogP contribution in [-0.2, 0) is 9.59 Å². The van der Waals surface area contributed by atoms with Crippen molar-refractivity contribution < 1.29 is 24.6 Å². The minimum atomic E-state index is -1.41. The number of amides is 2. The lowest BCUT2D eigenvalue weighted by atomic mass is 10.2. The third-order valence-electron chi connectivity index (χ3n) is 2.55. The molecular formula is C10H18N2O5. The van der Waals surface area contributed by atoms with Gasteiger partial charge in [-0.05, 0) is 13.3 Å². The number of carboxylic acid groups (broad SMARTS) is 2. The van der Waals surface area contributed by atoms with E-state index < -0.39 is 30.4 Å². The molecule has 17 heavy (non-hydrogen) atoms. The fourth-order valence-corrected chi connectivity index (χ4v) is 1.10. The van der Waals surface area contributed by atoms with Crippen molar-refractivity contribution in [3.63, 3.8) is 0 Å². The zero-order valence-electron chi connectivity index (χ0n) is 10.1. The number of rotatable bonds is 6. The molecule has 0 rings (SSSR count). The molecule has 2 atom stereocenters. The number of nitrogens with zero attached hydrogens (tertiary/aromatic N) is 1. The molecule has 0 saturated carbocycles. The van der Waals surface area contributed by atoms with Gasteiger partial charge >= 0.3 is 18.0 Å². The number of nitrogens with one attached hydrogen (secondary N) is 1. The predicted octanol–water partition coefficient (Wildman–Crippen LogP) is 0.354. The lowest BCUT2D eigenvalue weighted by Crippen LogP contribution is -2.49. The summed E-state index contributed by atoms with van der Waals surface area (Å²) >= 11 is 0. The van der Waals surface area contributed by atoms with Crippen LogP contribution in [0.2, 0.25) is 0 Å². The number of aliphatic carboxylic acids is 2. The molecule has 0 fully saturated rings. The molecule has 0 saturated heterocycles. The predicted molar refractivity (Wildman–Crippen MR) is 59.7 cm³/mol. The van der Waals surface area contributed by atoms with Gasteiger partial charge in [0.25, 0.3) is 0 Å². The van der Waals surface area contributed by atoms with E-state index in [0.29, 0.717) is 0 Å². The highest BCUT2D eigenvalue weighted by atomic mass is 16.4. The maximum absolute atomic E-state index is 11.6. The standard InChI is InChI=1S/C10H18N2O5/c1-4-6(2)12(3)10(17)11-7(9(15)16)5-8(13)14/h6-7H,4-5H2,1-3H3,(H,11,17)(H,13,14)(H,15,16)/t6?,7-/m0/s1. The molecule has 98 valence electrons. The molecule has 0 aromatic heterocycles. The number of carbonyl (C=O) groups excluding carboxylic acids is 1. The average molecular weight is 246 g/mol. The Balaban J connectivity index is 4.50. The first kappa shape index (κ1) is 15.2. The molecule has 7 nitrogen and oxygen atoms in total. The maximum Gasteiger partial charge on any atom is 0.326 e. The van der Waals surface area contributed by atoms with Crippen LogP contribution in [0.15, 0.2) is 0 Å². The topological polar surface area (TPSA) is 107 Å². The molecule has 1 unspecified atom stereocenters. The van der Waals surface area contributed by atoms with E-state index >= 15 is 0 Å². The van der Waals surface area contributed by atoms with Gasteiger partial charge in [-0.1, -0.05) is 6.92 Å². The van der Waals surface area contributed by atoms with E-state index in [2.05, 4.69) is 5.32 Å². The Morgan fingerprint density at radius 3 is 2.18 bits per heavy atom. The van der Waals surface area contributed by atoms with Crippen molar-refractivity contribution in [3.05, 3.63) is 0 Å². The van der Waals surface area contributed by atoms with Crippen LogP contribution in [0.1, 0.15) is 26.7 Å². The molecular weight excluding hydrogens is 228 g/mol. The lowest BCUT2D eigenvalue weighted by Gasteiger charge is -2.25. The van der Waals surface area contributed by atoms with Crippen LogP contribution in [0.5, 0.6) is 0 Å². The van der Waals surface area contributed by atoms with Gasteiger partial charge in [0.15, 0.2) is 0 Å². The molecule has 0 radical (unpaired) electrons. The van der Waals surface area contributed by atoms with E-state index in [1.54, 1.807) is 0 Å². The summed E-state index contributed by atoms with van der Waals surface area (Å²) in [5, 5.41) is 19.4. The second kappa shape index (κ2) is 6.72. The van der Waals surface area contributed by atoms with Crippen molar-refractivity contribution in [3.8, 4) is 0 Å². The molecule has 3 N–H and O–H groups in total. The van der Waals surface area contributed by atoms with Crippen LogP contribution < -0.4 is 5.32 Å². The minimum Gasteiger partial charge on any atom is -0.481 e. The zero-order chi connectivity index (χ0) is 13.6. The fraction of sp³-hybridized carbons (Fsp3) is 0.700. The summed E-state index contributed by atoms with van der Waals surface area (Å²) in [6, 6.07) is -2.05. The second-order valence-corrected chi connectivity index (χ2v) is 3.81. The summed E-state index contributed by atoms with van der Waals surface area (Å²) < 4.78 is 0. The Labute approximate surface area is 99.4 Å². The van der Waals surface area contributed by atoms with Crippen LogP contribution in [0.25, 0.3) is 0 Å². The highest BCUT2D eigenvalue weighted by Gasteiger charge is 2.25. The van der Waals surface area contributed by atoms with Gasteiger partial charge in [0.05, 0.1) is 6.42 Å². The molecule has 0 aromatic carbocycles. The average Bonchev–Trinajstić information content (AvgIpc) is 2.25. The maximum atomic E-state index is 11.6. The number of hydrogen-bond donors (Lipinski definition) is 3. The third kappa shape index (κ3) is 5.19. The summed E-state index contributed by atoms with van der Waals surface area (Å²) in [5.41, 5.74) is 0. The fourth-order valence-electron chi connectivity index (χ4n) is 1.10. The van der Waals surface area contributed by atoms with Crippen LogP contribution in [-0.4, -0.2) is 52.2 Å². The summed E-state index contributed by atoms with van der Waals surface area (Å²) in [7, 11) is 1.53. The van der Waals surface area contributed by atoms with Crippen molar-refractivity contribution in [2.75, 3.05) is 7.05 Å². The molecule has 0 aliphatic carbocycles. The Morgan fingerprint density at radius 2 is 1.82 bits per heavy atom. The van der Waals surface area contributed by atoms with E-state index in [-0.39, 0.29) is 6.04 Å². The van der Waals surface area contributed by atoms with Gasteiger partial charge in [-0.2, -0.15) is 0 Å². The van der Waals surface area contributed by atoms with Crippen LogP contribution in [0.4, 0.5) is 4.79 Å². The molecule has 0 spiro atoms. The number of urea groups is 1. The Hall–Kier alpha value is -1.79. The van der Waals surface area contributed by atoms with Crippen molar-refractivity contribution in [2.24, 2.45) is 0 Å². The summed E-state index contributed by atoms with van der Waals surface area (Å²) in [6.45, 7) is 3.70.